The molecule has 1 rings (SSSR count). The maximum Gasteiger partial charge on any atom is 0.401 e. The molecule has 0 radical (unpaired) electrons. The van der Waals surface area contributed by atoms with Gasteiger partial charge in [-0.15, -0.1) is 0 Å². The Balaban J connectivity index is 0. The second-order valence-corrected chi connectivity index (χ2v) is 3.90. The van der Waals surface area contributed by atoms with E-state index in [1.165, 1.54) is 0 Å². The Hall–Kier alpha value is -2.23. The quantitative estimate of drug-likeness (QED) is 0.734. The number of halogens is 5. The average Bonchev–Trinajstić information content (AvgIpc) is 2.35. The molecule has 23 heavy (non-hydrogen) atoms. The Bertz CT molecular complexity index is 503. The maximum atomic E-state index is 12.6. The third-order valence-corrected chi connectivity index (χ3v) is 1.77. The zero-order valence-electron chi connectivity index (χ0n) is 12.4. The number of hydrogen-bond donors (Lipinski definition) is 3. The summed E-state index contributed by atoms with van der Waals surface area (Å²) in [5, 5.41) is 9.58. The van der Waals surface area contributed by atoms with Crippen LogP contribution >= 0.6 is 0 Å². The van der Waals surface area contributed by atoms with E-state index in [4.69, 9.17) is 15.6 Å². The maximum absolute atomic E-state index is 12.6. The molecule has 132 valence electrons. The SMILES string of the molecule is CC(=O)O.CCNCC(F)(F)F.NC(=O)c1ccc(F)cc1F. The Kier molecular flexibility index (Phi) is 11.4. The molecule has 0 aliphatic heterocycles. The predicted octanol–water partition coefficient (Wildman–Crippen LogP) is 2.31. The van der Waals surface area contributed by atoms with Crippen molar-refractivity contribution >= 4 is 11.9 Å². The summed E-state index contributed by atoms with van der Waals surface area (Å²) >= 11 is 0. The second-order valence-electron chi connectivity index (χ2n) is 3.90. The van der Waals surface area contributed by atoms with Gasteiger partial charge in [0.05, 0.1) is 12.1 Å². The molecular formula is C13H17F5N2O3. The van der Waals surface area contributed by atoms with Gasteiger partial charge in [0.15, 0.2) is 0 Å². The third-order valence-electron chi connectivity index (χ3n) is 1.77. The molecule has 0 saturated heterocycles. The molecule has 1 aromatic carbocycles. The first kappa shape index (κ1) is 23.0. The summed E-state index contributed by atoms with van der Waals surface area (Å²) in [6, 6.07) is 2.59. The van der Waals surface area contributed by atoms with Gasteiger partial charge >= 0.3 is 6.18 Å². The van der Waals surface area contributed by atoms with Crippen molar-refractivity contribution in [1.29, 1.82) is 0 Å². The van der Waals surface area contributed by atoms with E-state index in [2.05, 4.69) is 5.32 Å². The van der Waals surface area contributed by atoms with E-state index in [0.29, 0.717) is 12.6 Å². The average molecular weight is 344 g/mol. The molecule has 0 bridgehead atoms. The number of amides is 1. The standard InChI is InChI=1S/C7H5F2NO.C4H8F3N.C2H4O2/c8-4-1-2-5(7(10)11)6(9)3-4;1-2-8-3-4(5,6)7;1-2(3)4/h1-3H,(H2,10,11);8H,2-3H2,1H3;1H3,(H,3,4). The largest absolute Gasteiger partial charge is 0.481 e. The van der Waals surface area contributed by atoms with Gasteiger partial charge in [-0.2, -0.15) is 13.2 Å². The van der Waals surface area contributed by atoms with Crippen molar-refractivity contribution in [3.63, 3.8) is 0 Å². The number of rotatable bonds is 3. The Morgan fingerprint density at radius 1 is 1.26 bits per heavy atom. The lowest BCUT2D eigenvalue weighted by molar-refractivity contribution is -0.134. The van der Waals surface area contributed by atoms with Gasteiger partial charge in [-0.1, -0.05) is 6.92 Å². The molecule has 0 aliphatic rings. The van der Waals surface area contributed by atoms with Crippen LogP contribution in [0, 0.1) is 11.6 Å². The minimum Gasteiger partial charge on any atom is -0.481 e. The summed E-state index contributed by atoms with van der Waals surface area (Å²) in [5.41, 5.74) is 4.46. The fourth-order valence-corrected chi connectivity index (χ4v) is 0.956. The van der Waals surface area contributed by atoms with Crippen molar-refractivity contribution in [2.24, 2.45) is 5.73 Å². The van der Waals surface area contributed by atoms with Gasteiger partial charge < -0.3 is 16.2 Å². The van der Waals surface area contributed by atoms with E-state index < -0.39 is 36.2 Å². The number of benzene rings is 1. The van der Waals surface area contributed by atoms with E-state index in [0.717, 1.165) is 19.1 Å². The topological polar surface area (TPSA) is 92.4 Å². The molecule has 1 amide bonds. The van der Waals surface area contributed by atoms with Crippen molar-refractivity contribution in [2.75, 3.05) is 13.1 Å². The molecule has 10 heteroatoms. The van der Waals surface area contributed by atoms with E-state index >= 15 is 0 Å². The number of carboxylic acids is 1. The van der Waals surface area contributed by atoms with Crippen LogP contribution in [0.1, 0.15) is 24.2 Å². The van der Waals surface area contributed by atoms with Crippen LogP contribution in [0.15, 0.2) is 18.2 Å². The van der Waals surface area contributed by atoms with Crippen LogP contribution in [0.4, 0.5) is 22.0 Å². The molecule has 0 saturated carbocycles. The highest BCUT2D eigenvalue weighted by atomic mass is 19.4. The van der Waals surface area contributed by atoms with Crippen LogP contribution in [-0.4, -0.2) is 36.2 Å². The lowest BCUT2D eigenvalue weighted by Crippen LogP contribution is -2.28. The van der Waals surface area contributed by atoms with E-state index in [1.807, 2.05) is 0 Å². The molecule has 0 fully saturated rings. The van der Waals surface area contributed by atoms with E-state index in [1.54, 1.807) is 6.92 Å². The van der Waals surface area contributed by atoms with Crippen molar-refractivity contribution in [1.82, 2.24) is 5.32 Å². The van der Waals surface area contributed by atoms with Crippen LogP contribution in [0.25, 0.3) is 0 Å². The van der Waals surface area contributed by atoms with Gasteiger partial charge in [0, 0.05) is 13.0 Å². The highest BCUT2D eigenvalue weighted by molar-refractivity contribution is 5.92. The first-order valence-corrected chi connectivity index (χ1v) is 6.12. The molecule has 0 aromatic heterocycles. The Morgan fingerprint density at radius 3 is 2.00 bits per heavy atom. The molecule has 4 N–H and O–H groups in total. The highest BCUT2D eigenvalue weighted by Crippen LogP contribution is 2.11. The molecule has 5 nitrogen and oxygen atoms in total. The third kappa shape index (κ3) is 16.0. The van der Waals surface area contributed by atoms with Crippen LogP contribution in [-0.2, 0) is 4.79 Å². The van der Waals surface area contributed by atoms with Gasteiger partial charge in [-0.3, -0.25) is 9.59 Å². The zero-order valence-corrected chi connectivity index (χ0v) is 12.4. The first-order valence-electron chi connectivity index (χ1n) is 6.12. The molecule has 0 spiro atoms. The molecule has 0 aliphatic carbocycles. The second kappa shape index (κ2) is 11.4. The molecule has 0 heterocycles. The molecule has 0 unspecified atom stereocenters. The van der Waals surface area contributed by atoms with Crippen LogP contribution in [0.5, 0.6) is 0 Å². The summed E-state index contributed by atoms with van der Waals surface area (Å²) < 4.78 is 58.3. The number of nitrogens with one attached hydrogen (secondary N) is 1. The summed E-state index contributed by atoms with van der Waals surface area (Å²) in [5.74, 6) is -3.40. The van der Waals surface area contributed by atoms with Crippen LogP contribution < -0.4 is 11.1 Å². The monoisotopic (exact) mass is 344 g/mol. The van der Waals surface area contributed by atoms with Crippen molar-refractivity contribution < 1.29 is 36.6 Å². The Morgan fingerprint density at radius 2 is 1.74 bits per heavy atom. The number of hydrogen-bond acceptors (Lipinski definition) is 3. The van der Waals surface area contributed by atoms with Gasteiger partial charge in [0.25, 0.3) is 11.9 Å². The lowest BCUT2D eigenvalue weighted by atomic mass is 10.2. The fourth-order valence-electron chi connectivity index (χ4n) is 0.956. The van der Waals surface area contributed by atoms with Crippen molar-refractivity contribution in [3.05, 3.63) is 35.4 Å². The van der Waals surface area contributed by atoms with Crippen LogP contribution in [0.3, 0.4) is 0 Å². The van der Waals surface area contributed by atoms with Crippen LogP contribution in [0.2, 0.25) is 0 Å². The number of nitrogens with two attached hydrogens (primary N) is 1. The number of carbonyl (C=O) groups excluding carboxylic acids is 1. The minimum atomic E-state index is -4.06. The Labute approximate surface area is 129 Å². The lowest BCUT2D eigenvalue weighted by Gasteiger charge is -2.04. The van der Waals surface area contributed by atoms with Gasteiger partial charge in [0.2, 0.25) is 0 Å². The van der Waals surface area contributed by atoms with Crippen molar-refractivity contribution in [3.8, 4) is 0 Å². The molecular weight excluding hydrogens is 327 g/mol. The number of carbonyl (C=O) groups is 2. The highest BCUT2D eigenvalue weighted by Gasteiger charge is 2.25. The first-order chi connectivity index (χ1) is 10.4. The van der Waals surface area contributed by atoms with E-state index in [9.17, 15) is 26.7 Å². The fraction of sp³-hybridized carbons (Fsp3) is 0.385. The molecule has 0 atom stereocenters. The summed E-state index contributed by atoms with van der Waals surface area (Å²) in [7, 11) is 0. The number of alkyl halides is 3. The van der Waals surface area contributed by atoms with E-state index in [-0.39, 0.29) is 5.56 Å². The number of primary amides is 1. The number of aliphatic carboxylic acids is 1. The zero-order chi connectivity index (χ0) is 18.6. The van der Waals surface area contributed by atoms with Gasteiger partial charge in [0.1, 0.15) is 11.6 Å². The van der Waals surface area contributed by atoms with Crippen molar-refractivity contribution in [2.45, 2.75) is 20.0 Å². The smallest absolute Gasteiger partial charge is 0.401 e. The molecule has 1 aromatic rings. The summed E-state index contributed by atoms with van der Waals surface area (Å²) in [4.78, 5) is 19.4. The minimum absolute atomic E-state index is 0.300. The summed E-state index contributed by atoms with van der Waals surface area (Å²) in [6.45, 7) is 2.19. The normalized spacial score (nSPS) is 9.87. The number of carboxylic acid groups (broad SMARTS) is 1. The van der Waals surface area contributed by atoms with Gasteiger partial charge in [-0.25, -0.2) is 8.78 Å². The predicted molar refractivity (Wildman–Crippen MR) is 72.8 cm³/mol. The van der Waals surface area contributed by atoms with Gasteiger partial charge in [-0.05, 0) is 18.7 Å². The summed E-state index contributed by atoms with van der Waals surface area (Å²) in [6.07, 6.45) is -4.06.